The molecule has 0 aliphatic carbocycles. The van der Waals surface area contributed by atoms with Crippen LogP contribution in [0.3, 0.4) is 0 Å². The van der Waals surface area contributed by atoms with E-state index in [0.717, 1.165) is 22.4 Å². The summed E-state index contributed by atoms with van der Waals surface area (Å²) in [5.41, 5.74) is 3.68. The highest BCUT2D eigenvalue weighted by Gasteiger charge is 2.19. The van der Waals surface area contributed by atoms with Crippen molar-refractivity contribution in [3.8, 4) is 11.8 Å². The number of nitriles is 1. The molecule has 0 saturated heterocycles. The molecular weight excluding hydrogens is 288 g/mol. The fourth-order valence-electron chi connectivity index (χ4n) is 2.32. The van der Waals surface area contributed by atoms with Gasteiger partial charge in [0.1, 0.15) is 11.7 Å². The molecule has 0 aliphatic heterocycles. The van der Waals surface area contributed by atoms with Crippen LogP contribution in [0.2, 0.25) is 0 Å². The van der Waals surface area contributed by atoms with E-state index in [1.165, 1.54) is 0 Å². The molecule has 1 atom stereocenters. The molecule has 4 nitrogen and oxygen atoms in total. The van der Waals surface area contributed by atoms with E-state index >= 15 is 0 Å². The van der Waals surface area contributed by atoms with E-state index in [2.05, 4.69) is 11.4 Å². The van der Waals surface area contributed by atoms with Crippen LogP contribution in [0.5, 0.6) is 5.75 Å². The van der Waals surface area contributed by atoms with Gasteiger partial charge in [0.25, 0.3) is 0 Å². The maximum Gasteiger partial charge on any atom is 0.242 e. The zero-order valence-corrected chi connectivity index (χ0v) is 13.6. The van der Waals surface area contributed by atoms with Gasteiger partial charge in [-0.3, -0.25) is 4.79 Å². The van der Waals surface area contributed by atoms with Crippen LogP contribution in [0.25, 0.3) is 0 Å². The highest BCUT2D eigenvalue weighted by atomic mass is 16.5. The minimum absolute atomic E-state index is 0.288. The maximum atomic E-state index is 12.4. The van der Waals surface area contributed by atoms with Crippen molar-refractivity contribution in [2.24, 2.45) is 5.92 Å². The molecule has 0 fully saturated rings. The number of ether oxygens (including phenoxy) is 1. The van der Waals surface area contributed by atoms with Crippen LogP contribution in [-0.2, 0) is 11.2 Å². The first-order valence-corrected chi connectivity index (χ1v) is 7.44. The Kier molecular flexibility index (Phi) is 5.37. The van der Waals surface area contributed by atoms with Crippen LogP contribution in [0.4, 0.5) is 5.69 Å². The molecule has 0 heterocycles. The molecule has 2 rings (SSSR count). The molecule has 0 spiro atoms. The number of hydrogen-bond acceptors (Lipinski definition) is 3. The van der Waals surface area contributed by atoms with Gasteiger partial charge in [-0.25, -0.2) is 0 Å². The Morgan fingerprint density at radius 3 is 2.74 bits per heavy atom. The summed E-state index contributed by atoms with van der Waals surface area (Å²) in [5.74, 6) is -0.319. The predicted octanol–water partition coefficient (Wildman–Crippen LogP) is 3.63. The highest BCUT2D eigenvalue weighted by Crippen LogP contribution is 2.20. The summed E-state index contributed by atoms with van der Waals surface area (Å²) in [4.78, 5) is 12.4. The SMILES string of the molecule is COc1cccc(C[C@H](C#N)C(=O)Nc2cc(C)ccc2C)c1. The summed E-state index contributed by atoms with van der Waals surface area (Å²) < 4.78 is 5.17. The van der Waals surface area contributed by atoms with E-state index in [9.17, 15) is 10.1 Å². The van der Waals surface area contributed by atoms with Crippen molar-refractivity contribution < 1.29 is 9.53 Å². The Morgan fingerprint density at radius 1 is 1.26 bits per heavy atom. The summed E-state index contributed by atoms with van der Waals surface area (Å²) in [6, 6.07) is 15.4. The smallest absolute Gasteiger partial charge is 0.242 e. The maximum absolute atomic E-state index is 12.4. The molecule has 0 radical (unpaired) electrons. The molecular formula is C19H20N2O2. The summed E-state index contributed by atoms with van der Waals surface area (Å²) >= 11 is 0. The molecule has 1 N–H and O–H groups in total. The standard InChI is InChI=1S/C19H20N2O2/c1-13-7-8-14(2)18(9-13)21-19(22)16(12-20)10-15-5-4-6-17(11-15)23-3/h4-9,11,16H,10H2,1-3H3,(H,21,22)/t16-/m1/s1. The van der Waals surface area contributed by atoms with E-state index in [0.29, 0.717) is 12.2 Å². The van der Waals surface area contributed by atoms with Gasteiger partial charge in [-0.05, 0) is 55.2 Å². The largest absolute Gasteiger partial charge is 0.497 e. The third-order valence-electron chi connectivity index (χ3n) is 3.70. The van der Waals surface area contributed by atoms with Gasteiger partial charge in [0.05, 0.1) is 13.2 Å². The number of amides is 1. The van der Waals surface area contributed by atoms with Crippen LogP contribution in [0.15, 0.2) is 42.5 Å². The number of nitrogens with zero attached hydrogens (tertiary/aromatic N) is 1. The van der Waals surface area contributed by atoms with Crippen molar-refractivity contribution in [1.29, 1.82) is 5.26 Å². The quantitative estimate of drug-likeness (QED) is 0.917. The van der Waals surface area contributed by atoms with E-state index in [-0.39, 0.29) is 5.91 Å². The molecule has 4 heteroatoms. The van der Waals surface area contributed by atoms with Gasteiger partial charge in [-0.15, -0.1) is 0 Å². The van der Waals surface area contributed by atoms with Gasteiger partial charge in [-0.1, -0.05) is 24.3 Å². The first-order valence-electron chi connectivity index (χ1n) is 7.44. The zero-order valence-electron chi connectivity index (χ0n) is 13.6. The zero-order chi connectivity index (χ0) is 16.8. The molecule has 0 saturated carbocycles. The average Bonchev–Trinajstić information content (AvgIpc) is 2.56. The third-order valence-corrected chi connectivity index (χ3v) is 3.70. The number of benzene rings is 2. The second-order valence-electron chi connectivity index (χ2n) is 5.54. The minimum Gasteiger partial charge on any atom is -0.497 e. The molecule has 0 unspecified atom stereocenters. The number of carbonyl (C=O) groups excluding carboxylic acids is 1. The third kappa shape index (κ3) is 4.33. The van der Waals surface area contributed by atoms with Gasteiger partial charge in [-0.2, -0.15) is 5.26 Å². The summed E-state index contributed by atoms with van der Waals surface area (Å²) in [5, 5.41) is 12.2. The van der Waals surface area contributed by atoms with Crippen molar-refractivity contribution in [2.75, 3.05) is 12.4 Å². The second kappa shape index (κ2) is 7.46. The number of anilines is 1. The van der Waals surface area contributed by atoms with Crippen molar-refractivity contribution in [3.05, 3.63) is 59.2 Å². The average molecular weight is 308 g/mol. The summed E-state index contributed by atoms with van der Waals surface area (Å²) in [6.45, 7) is 3.89. The Bertz CT molecular complexity index is 747. The van der Waals surface area contributed by atoms with Crippen molar-refractivity contribution in [2.45, 2.75) is 20.3 Å². The van der Waals surface area contributed by atoms with Crippen molar-refractivity contribution in [1.82, 2.24) is 0 Å². The molecule has 0 aromatic heterocycles. The van der Waals surface area contributed by atoms with Gasteiger partial charge in [0.15, 0.2) is 0 Å². The van der Waals surface area contributed by atoms with Gasteiger partial charge < -0.3 is 10.1 Å². The number of aryl methyl sites for hydroxylation is 2. The van der Waals surface area contributed by atoms with Crippen LogP contribution in [0.1, 0.15) is 16.7 Å². The van der Waals surface area contributed by atoms with E-state index in [1.807, 2.05) is 56.3 Å². The van der Waals surface area contributed by atoms with Gasteiger partial charge in [0, 0.05) is 5.69 Å². The molecule has 23 heavy (non-hydrogen) atoms. The van der Waals surface area contributed by atoms with Crippen molar-refractivity contribution in [3.63, 3.8) is 0 Å². The van der Waals surface area contributed by atoms with Gasteiger partial charge >= 0.3 is 0 Å². The Balaban J connectivity index is 2.12. The van der Waals surface area contributed by atoms with Crippen LogP contribution in [0, 0.1) is 31.1 Å². The monoisotopic (exact) mass is 308 g/mol. The topological polar surface area (TPSA) is 62.1 Å². The fourth-order valence-corrected chi connectivity index (χ4v) is 2.32. The van der Waals surface area contributed by atoms with Gasteiger partial charge in [0.2, 0.25) is 5.91 Å². The first-order chi connectivity index (χ1) is 11.0. The lowest BCUT2D eigenvalue weighted by molar-refractivity contribution is -0.118. The van der Waals surface area contributed by atoms with E-state index < -0.39 is 5.92 Å². The lowest BCUT2D eigenvalue weighted by Gasteiger charge is -2.13. The minimum atomic E-state index is -0.748. The lowest BCUT2D eigenvalue weighted by atomic mass is 9.99. The Labute approximate surface area is 136 Å². The molecule has 0 aliphatic rings. The number of hydrogen-bond donors (Lipinski definition) is 1. The molecule has 2 aromatic rings. The highest BCUT2D eigenvalue weighted by molar-refractivity contribution is 5.95. The number of nitrogens with one attached hydrogen (secondary N) is 1. The fraction of sp³-hybridized carbons (Fsp3) is 0.263. The number of methoxy groups -OCH3 is 1. The van der Waals surface area contributed by atoms with Crippen LogP contribution in [-0.4, -0.2) is 13.0 Å². The normalized spacial score (nSPS) is 11.4. The Morgan fingerprint density at radius 2 is 2.04 bits per heavy atom. The van der Waals surface area contributed by atoms with E-state index in [1.54, 1.807) is 7.11 Å². The van der Waals surface area contributed by atoms with E-state index in [4.69, 9.17) is 4.74 Å². The Hall–Kier alpha value is -2.80. The molecule has 1 amide bonds. The van der Waals surface area contributed by atoms with Crippen molar-refractivity contribution >= 4 is 11.6 Å². The lowest BCUT2D eigenvalue weighted by Crippen LogP contribution is -2.24. The predicted molar refractivity (Wildman–Crippen MR) is 90.3 cm³/mol. The molecule has 118 valence electrons. The number of rotatable bonds is 5. The first kappa shape index (κ1) is 16.6. The van der Waals surface area contributed by atoms with Crippen LogP contribution >= 0.6 is 0 Å². The second-order valence-corrected chi connectivity index (χ2v) is 5.54. The summed E-state index contributed by atoms with van der Waals surface area (Å²) in [7, 11) is 1.59. The van der Waals surface area contributed by atoms with Crippen LogP contribution < -0.4 is 10.1 Å². The molecule has 0 bridgehead atoms. The molecule has 2 aromatic carbocycles. The summed E-state index contributed by atoms with van der Waals surface area (Å²) in [6.07, 6.45) is 0.352. The number of carbonyl (C=O) groups is 1.